The van der Waals surface area contributed by atoms with Crippen LogP contribution in [0.25, 0.3) is 5.69 Å². The zero-order chi connectivity index (χ0) is 16.9. The minimum Gasteiger partial charge on any atom is -0.482 e. The lowest BCUT2D eigenvalue weighted by molar-refractivity contribution is -0.118. The second-order valence-corrected chi connectivity index (χ2v) is 6.10. The lowest BCUT2D eigenvalue weighted by atomic mass is 10.2. The largest absolute Gasteiger partial charge is 0.482 e. The number of benzene rings is 2. The number of para-hydroxylation sites is 2. The van der Waals surface area contributed by atoms with Crippen molar-refractivity contribution in [2.75, 3.05) is 11.9 Å². The Morgan fingerprint density at radius 1 is 1.29 bits per heavy atom. The molecule has 0 saturated heterocycles. The summed E-state index contributed by atoms with van der Waals surface area (Å²) in [5, 5.41) is 10.9. The van der Waals surface area contributed by atoms with Crippen LogP contribution in [0.3, 0.4) is 0 Å². The fraction of sp³-hybridized carbons (Fsp3) is 0.0625. The molecule has 0 saturated carbocycles. The maximum Gasteiger partial charge on any atom is 0.262 e. The Morgan fingerprint density at radius 2 is 2.12 bits per heavy atom. The molecule has 3 rings (SSSR count). The molecule has 6 nitrogen and oxygen atoms in total. The van der Waals surface area contributed by atoms with Gasteiger partial charge in [-0.2, -0.15) is 0 Å². The van der Waals surface area contributed by atoms with Crippen molar-refractivity contribution in [3.05, 3.63) is 64.4 Å². The van der Waals surface area contributed by atoms with E-state index in [0.29, 0.717) is 22.1 Å². The Hall–Kier alpha value is -2.38. The molecule has 0 radical (unpaired) electrons. The Labute approximate surface area is 151 Å². The van der Waals surface area contributed by atoms with Crippen molar-refractivity contribution >= 4 is 39.1 Å². The third kappa shape index (κ3) is 3.93. The second kappa shape index (κ2) is 7.46. The fourth-order valence-corrected chi connectivity index (χ4v) is 2.77. The Bertz CT molecular complexity index is 855. The molecular formula is C16H12BrClN4O2. The molecule has 0 aliphatic rings. The van der Waals surface area contributed by atoms with Crippen molar-refractivity contribution < 1.29 is 9.53 Å². The van der Waals surface area contributed by atoms with E-state index in [1.165, 1.54) is 0 Å². The summed E-state index contributed by atoms with van der Waals surface area (Å²) in [5.41, 5.74) is 1.32. The summed E-state index contributed by atoms with van der Waals surface area (Å²) < 4.78 is 7.87. The number of aromatic nitrogens is 3. The van der Waals surface area contributed by atoms with Gasteiger partial charge >= 0.3 is 0 Å². The highest BCUT2D eigenvalue weighted by Crippen LogP contribution is 2.27. The molecule has 0 unspecified atom stereocenters. The van der Waals surface area contributed by atoms with Crippen LogP contribution in [0.15, 0.2) is 59.3 Å². The lowest BCUT2D eigenvalue weighted by Crippen LogP contribution is -2.21. The van der Waals surface area contributed by atoms with Crippen LogP contribution in [0.1, 0.15) is 0 Å². The van der Waals surface area contributed by atoms with Crippen LogP contribution in [0, 0.1) is 0 Å². The third-order valence-electron chi connectivity index (χ3n) is 3.10. The van der Waals surface area contributed by atoms with E-state index in [2.05, 4.69) is 31.6 Å². The van der Waals surface area contributed by atoms with Crippen LogP contribution >= 0.6 is 27.5 Å². The molecule has 0 fully saturated rings. The maximum absolute atomic E-state index is 12.2. The standard InChI is InChI=1S/C16H12BrClN4O2/c17-11-5-6-15(12(18)9-11)24-10-16(23)20-13-3-1-2-4-14(13)22-8-7-19-21-22/h1-9H,10H2,(H,20,23). The highest BCUT2D eigenvalue weighted by molar-refractivity contribution is 9.10. The van der Waals surface area contributed by atoms with Crippen molar-refractivity contribution in [2.45, 2.75) is 0 Å². The van der Waals surface area contributed by atoms with Gasteiger partial charge in [-0.25, -0.2) is 4.68 Å². The number of anilines is 1. The van der Waals surface area contributed by atoms with E-state index in [1.54, 1.807) is 41.3 Å². The van der Waals surface area contributed by atoms with Gasteiger partial charge in [-0.3, -0.25) is 4.79 Å². The van der Waals surface area contributed by atoms with Crippen LogP contribution < -0.4 is 10.1 Å². The predicted octanol–water partition coefficient (Wildman–Crippen LogP) is 3.70. The number of rotatable bonds is 5. The van der Waals surface area contributed by atoms with Gasteiger partial charge in [-0.15, -0.1) is 5.10 Å². The van der Waals surface area contributed by atoms with E-state index in [-0.39, 0.29) is 12.5 Å². The van der Waals surface area contributed by atoms with Crippen molar-refractivity contribution in [3.8, 4) is 11.4 Å². The van der Waals surface area contributed by atoms with Crippen LogP contribution in [0.4, 0.5) is 5.69 Å². The average Bonchev–Trinajstić information content (AvgIpc) is 3.09. The summed E-state index contributed by atoms with van der Waals surface area (Å²) in [7, 11) is 0. The topological polar surface area (TPSA) is 69.0 Å². The molecular weight excluding hydrogens is 396 g/mol. The molecule has 0 aliphatic heterocycles. The van der Waals surface area contributed by atoms with Gasteiger partial charge < -0.3 is 10.1 Å². The molecule has 1 amide bonds. The number of carbonyl (C=O) groups is 1. The number of hydrogen-bond acceptors (Lipinski definition) is 4. The monoisotopic (exact) mass is 406 g/mol. The molecule has 1 heterocycles. The number of hydrogen-bond donors (Lipinski definition) is 1. The van der Waals surface area contributed by atoms with Crippen LogP contribution in [-0.4, -0.2) is 27.5 Å². The minimum atomic E-state index is -0.304. The first-order valence-corrected chi connectivity index (χ1v) is 8.14. The minimum absolute atomic E-state index is 0.160. The number of amides is 1. The van der Waals surface area contributed by atoms with E-state index in [9.17, 15) is 4.79 Å². The molecule has 122 valence electrons. The van der Waals surface area contributed by atoms with Gasteiger partial charge in [-0.05, 0) is 30.3 Å². The quantitative estimate of drug-likeness (QED) is 0.700. The predicted molar refractivity (Wildman–Crippen MR) is 94.6 cm³/mol. The first kappa shape index (κ1) is 16.5. The van der Waals surface area contributed by atoms with Gasteiger partial charge in [0.25, 0.3) is 5.91 Å². The van der Waals surface area contributed by atoms with Gasteiger partial charge in [0.1, 0.15) is 5.75 Å². The Balaban J connectivity index is 1.67. The summed E-state index contributed by atoms with van der Waals surface area (Å²) in [6, 6.07) is 12.5. The van der Waals surface area contributed by atoms with Gasteiger partial charge in [0.05, 0.1) is 28.8 Å². The number of carbonyl (C=O) groups excluding carboxylic acids is 1. The lowest BCUT2D eigenvalue weighted by Gasteiger charge is -2.12. The van der Waals surface area contributed by atoms with Gasteiger partial charge in [0.15, 0.2) is 6.61 Å². The highest BCUT2D eigenvalue weighted by atomic mass is 79.9. The number of ether oxygens (including phenoxy) is 1. The van der Waals surface area contributed by atoms with Crippen molar-refractivity contribution in [1.82, 2.24) is 15.0 Å². The maximum atomic E-state index is 12.2. The molecule has 0 spiro atoms. The number of nitrogens with one attached hydrogen (secondary N) is 1. The van der Waals surface area contributed by atoms with Crippen molar-refractivity contribution in [2.24, 2.45) is 0 Å². The van der Waals surface area contributed by atoms with Crippen LogP contribution in [0.2, 0.25) is 5.02 Å². The SMILES string of the molecule is O=C(COc1ccc(Br)cc1Cl)Nc1ccccc1-n1ccnn1. The van der Waals surface area contributed by atoms with E-state index in [1.807, 2.05) is 18.2 Å². The summed E-state index contributed by atoms with van der Waals surface area (Å²) in [4.78, 5) is 12.2. The van der Waals surface area contributed by atoms with E-state index in [0.717, 1.165) is 4.47 Å². The van der Waals surface area contributed by atoms with Crippen LogP contribution in [-0.2, 0) is 4.79 Å². The molecule has 0 bridgehead atoms. The summed E-state index contributed by atoms with van der Waals surface area (Å²) in [6.07, 6.45) is 3.26. The zero-order valence-corrected chi connectivity index (χ0v) is 14.7. The summed E-state index contributed by atoms with van der Waals surface area (Å²) in [6.45, 7) is -0.160. The summed E-state index contributed by atoms with van der Waals surface area (Å²) >= 11 is 9.38. The second-order valence-electron chi connectivity index (χ2n) is 4.78. The van der Waals surface area contributed by atoms with E-state index >= 15 is 0 Å². The Kier molecular flexibility index (Phi) is 5.12. The normalized spacial score (nSPS) is 10.4. The molecule has 8 heteroatoms. The number of nitrogens with zero attached hydrogens (tertiary/aromatic N) is 3. The molecule has 1 N–H and O–H groups in total. The van der Waals surface area contributed by atoms with E-state index < -0.39 is 0 Å². The summed E-state index contributed by atoms with van der Waals surface area (Å²) in [5.74, 6) is 0.140. The number of halogens is 2. The average molecular weight is 408 g/mol. The smallest absolute Gasteiger partial charge is 0.262 e. The molecule has 24 heavy (non-hydrogen) atoms. The van der Waals surface area contributed by atoms with Gasteiger partial charge in [-0.1, -0.05) is 44.9 Å². The molecule has 0 atom stereocenters. The molecule has 0 aliphatic carbocycles. The zero-order valence-electron chi connectivity index (χ0n) is 12.3. The van der Waals surface area contributed by atoms with E-state index in [4.69, 9.17) is 16.3 Å². The highest BCUT2D eigenvalue weighted by Gasteiger charge is 2.10. The molecule has 2 aromatic carbocycles. The van der Waals surface area contributed by atoms with Gasteiger partial charge in [0, 0.05) is 4.47 Å². The van der Waals surface area contributed by atoms with Crippen molar-refractivity contribution in [3.63, 3.8) is 0 Å². The fourth-order valence-electron chi connectivity index (χ4n) is 2.04. The van der Waals surface area contributed by atoms with Crippen molar-refractivity contribution in [1.29, 1.82) is 0 Å². The molecule has 1 aromatic heterocycles. The first-order valence-electron chi connectivity index (χ1n) is 6.97. The van der Waals surface area contributed by atoms with Crippen LogP contribution in [0.5, 0.6) is 5.75 Å². The third-order valence-corrected chi connectivity index (χ3v) is 3.89. The van der Waals surface area contributed by atoms with Gasteiger partial charge in [0.2, 0.25) is 0 Å². The Morgan fingerprint density at radius 3 is 2.88 bits per heavy atom. The first-order chi connectivity index (χ1) is 11.6. The molecule has 3 aromatic rings.